The zero-order valence-electron chi connectivity index (χ0n) is 9.92. The van der Waals surface area contributed by atoms with Crippen molar-refractivity contribution in [2.45, 2.75) is 5.92 Å². The predicted octanol–water partition coefficient (Wildman–Crippen LogP) is 2.85. The molecule has 2 aromatic rings. The Hall–Kier alpha value is -2.49. The number of benzene rings is 2. The van der Waals surface area contributed by atoms with Gasteiger partial charge in [0.2, 0.25) is 0 Å². The van der Waals surface area contributed by atoms with Gasteiger partial charge >= 0.3 is 5.97 Å². The summed E-state index contributed by atoms with van der Waals surface area (Å²) < 4.78 is 12.9. The van der Waals surface area contributed by atoms with E-state index < -0.39 is 17.7 Å². The number of aldehydes is 1. The first kappa shape index (κ1) is 13.0. The SMILES string of the molecule is O=Cc1cccc(C(C(=O)O)c2ccc(F)cc2)c1. The highest BCUT2D eigenvalue weighted by Crippen LogP contribution is 2.25. The maximum absolute atomic E-state index is 12.9. The number of halogens is 1. The van der Waals surface area contributed by atoms with E-state index in [-0.39, 0.29) is 0 Å². The van der Waals surface area contributed by atoms with Crippen LogP contribution in [0.25, 0.3) is 0 Å². The minimum Gasteiger partial charge on any atom is -0.481 e. The summed E-state index contributed by atoms with van der Waals surface area (Å²) >= 11 is 0. The molecule has 0 saturated carbocycles. The lowest BCUT2D eigenvalue weighted by Crippen LogP contribution is -2.13. The average molecular weight is 258 g/mol. The number of carbonyl (C=O) groups is 2. The van der Waals surface area contributed by atoms with E-state index in [1.807, 2.05) is 0 Å². The molecule has 2 rings (SSSR count). The molecule has 96 valence electrons. The number of aliphatic carboxylic acids is 1. The molecule has 1 unspecified atom stereocenters. The van der Waals surface area contributed by atoms with Crippen LogP contribution in [0, 0.1) is 5.82 Å². The van der Waals surface area contributed by atoms with Gasteiger partial charge in [-0.2, -0.15) is 0 Å². The van der Waals surface area contributed by atoms with Crippen LogP contribution in [-0.4, -0.2) is 17.4 Å². The van der Waals surface area contributed by atoms with Gasteiger partial charge in [-0.05, 0) is 29.3 Å². The van der Waals surface area contributed by atoms with Gasteiger partial charge in [-0.25, -0.2) is 4.39 Å². The normalized spacial score (nSPS) is 11.8. The predicted molar refractivity (Wildman–Crippen MR) is 67.7 cm³/mol. The molecular formula is C15H11FO3. The van der Waals surface area contributed by atoms with Crippen LogP contribution in [0.2, 0.25) is 0 Å². The third kappa shape index (κ3) is 2.85. The van der Waals surface area contributed by atoms with Gasteiger partial charge in [0.15, 0.2) is 0 Å². The Morgan fingerprint density at radius 1 is 1.11 bits per heavy atom. The first-order valence-corrected chi connectivity index (χ1v) is 5.65. The third-order valence-corrected chi connectivity index (χ3v) is 2.83. The standard InChI is InChI=1S/C15H11FO3/c16-13-6-4-11(5-7-13)14(15(18)19)12-3-1-2-10(8-12)9-17/h1-9,14H,(H,18,19). The smallest absolute Gasteiger partial charge is 0.315 e. The Bertz CT molecular complexity index is 605. The van der Waals surface area contributed by atoms with E-state index in [9.17, 15) is 19.1 Å². The molecule has 0 aromatic heterocycles. The van der Waals surface area contributed by atoms with E-state index in [1.54, 1.807) is 18.2 Å². The summed E-state index contributed by atoms with van der Waals surface area (Å²) in [5.41, 5.74) is 1.37. The van der Waals surface area contributed by atoms with Crippen molar-refractivity contribution in [1.82, 2.24) is 0 Å². The Kier molecular flexibility index (Phi) is 3.71. The summed E-state index contributed by atoms with van der Waals surface area (Å²) in [4.78, 5) is 22.1. The Balaban J connectivity index is 2.47. The highest BCUT2D eigenvalue weighted by atomic mass is 19.1. The van der Waals surface area contributed by atoms with Crippen molar-refractivity contribution < 1.29 is 19.1 Å². The van der Waals surface area contributed by atoms with Crippen molar-refractivity contribution in [3.8, 4) is 0 Å². The highest BCUT2D eigenvalue weighted by Gasteiger charge is 2.22. The van der Waals surface area contributed by atoms with Crippen molar-refractivity contribution in [1.29, 1.82) is 0 Å². The number of hydrogen-bond donors (Lipinski definition) is 1. The van der Waals surface area contributed by atoms with Crippen LogP contribution >= 0.6 is 0 Å². The second-order valence-corrected chi connectivity index (χ2v) is 4.11. The number of carbonyl (C=O) groups excluding carboxylic acids is 1. The highest BCUT2D eigenvalue weighted by molar-refractivity contribution is 5.82. The molecule has 1 N–H and O–H groups in total. The lowest BCUT2D eigenvalue weighted by atomic mass is 9.90. The lowest BCUT2D eigenvalue weighted by molar-refractivity contribution is -0.137. The fourth-order valence-corrected chi connectivity index (χ4v) is 1.94. The van der Waals surface area contributed by atoms with E-state index in [1.165, 1.54) is 30.3 Å². The van der Waals surface area contributed by atoms with Crippen LogP contribution in [0.3, 0.4) is 0 Å². The van der Waals surface area contributed by atoms with Crippen molar-refractivity contribution >= 4 is 12.3 Å². The summed E-state index contributed by atoms with van der Waals surface area (Å²) in [6, 6.07) is 11.7. The Morgan fingerprint density at radius 2 is 1.79 bits per heavy atom. The molecule has 0 saturated heterocycles. The van der Waals surface area contributed by atoms with E-state index in [4.69, 9.17) is 0 Å². The first-order valence-electron chi connectivity index (χ1n) is 5.65. The zero-order chi connectivity index (χ0) is 13.8. The van der Waals surface area contributed by atoms with Crippen molar-refractivity contribution in [3.63, 3.8) is 0 Å². The Labute approximate surface area is 109 Å². The van der Waals surface area contributed by atoms with Gasteiger partial charge in [-0.1, -0.05) is 30.3 Å². The molecule has 0 amide bonds. The second kappa shape index (κ2) is 5.44. The molecular weight excluding hydrogens is 247 g/mol. The van der Waals surface area contributed by atoms with E-state index in [2.05, 4.69) is 0 Å². The van der Waals surface area contributed by atoms with Crippen LogP contribution in [-0.2, 0) is 4.79 Å². The maximum Gasteiger partial charge on any atom is 0.315 e. The number of carboxylic acids is 1. The molecule has 0 fully saturated rings. The van der Waals surface area contributed by atoms with Gasteiger partial charge < -0.3 is 5.11 Å². The minimum absolute atomic E-state index is 0.408. The summed E-state index contributed by atoms with van der Waals surface area (Å²) in [7, 11) is 0. The van der Waals surface area contributed by atoms with Gasteiger partial charge in [0.1, 0.15) is 18.0 Å². The topological polar surface area (TPSA) is 54.4 Å². The number of hydrogen-bond acceptors (Lipinski definition) is 2. The quantitative estimate of drug-likeness (QED) is 0.858. The van der Waals surface area contributed by atoms with Crippen molar-refractivity contribution in [3.05, 3.63) is 71.0 Å². The lowest BCUT2D eigenvalue weighted by Gasteiger charge is -2.13. The van der Waals surface area contributed by atoms with Crippen LogP contribution in [0.4, 0.5) is 4.39 Å². The van der Waals surface area contributed by atoms with Gasteiger partial charge in [-0.15, -0.1) is 0 Å². The number of rotatable bonds is 4. The van der Waals surface area contributed by atoms with E-state index in [0.717, 1.165) is 0 Å². The monoisotopic (exact) mass is 258 g/mol. The molecule has 4 heteroatoms. The van der Waals surface area contributed by atoms with Crippen LogP contribution in [0.1, 0.15) is 27.4 Å². The maximum atomic E-state index is 12.9. The van der Waals surface area contributed by atoms with Crippen LogP contribution in [0.15, 0.2) is 48.5 Å². The molecule has 3 nitrogen and oxygen atoms in total. The molecule has 19 heavy (non-hydrogen) atoms. The molecule has 0 spiro atoms. The minimum atomic E-state index is -1.05. The summed E-state index contributed by atoms with van der Waals surface area (Å²) in [5, 5.41) is 9.33. The van der Waals surface area contributed by atoms with Gasteiger partial charge in [0, 0.05) is 5.56 Å². The average Bonchev–Trinajstić information content (AvgIpc) is 2.41. The van der Waals surface area contributed by atoms with Gasteiger partial charge in [-0.3, -0.25) is 9.59 Å². The molecule has 1 atom stereocenters. The van der Waals surface area contributed by atoms with E-state index >= 15 is 0 Å². The van der Waals surface area contributed by atoms with Gasteiger partial charge in [0.25, 0.3) is 0 Å². The van der Waals surface area contributed by atoms with Crippen molar-refractivity contribution in [2.24, 2.45) is 0 Å². The fourth-order valence-electron chi connectivity index (χ4n) is 1.94. The molecule has 2 aromatic carbocycles. The first-order chi connectivity index (χ1) is 9.11. The summed E-state index contributed by atoms with van der Waals surface area (Å²) in [6.45, 7) is 0. The largest absolute Gasteiger partial charge is 0.481 e. The van der Waals surface area contributed by atoms with Crippen LogP contribution in [0.5, 0.6) is 0 Å². The summed E-state index contributed by atoms with van der Waals surface area (Å²) in [5.74, 6) is -2.38. The Morgan fingerprint density at radius 3 is 2.37 bits per heavy atom. The summed E-state index contributed by atoms with van der Waals surface area (Å²) in [6.07, 6.45) is 0.660. The van der Waals surface area contributed by atoms with Crippen LogP contribution < -0.4 is 0 Å². The zero-order valence-corrected chi connectivity index (χ0v) is 9.92. The molecule has 0 radical (unpaired) electrons. The molecule has 0 bridgehead atoms. The molecule has 0 aliphatic carbocycles. The molecule has 0 aliphatic rings. The van der Waals surface area contributed by atoms with E-state index in [0.29, 0.717) is 23.0 Å². The van der Waals surface area contributed by atoms with Crippen molar-refractivity contribution in [2.75, 3.05) is 0 Å². The number of carboxylic acid groups (broad SMARTS) is 1. The molecule has 0 heterocycles. The molecule has 0 aliphatic heterocycles. The fraction of sp³-hybridized carbons (Fsp3) is 0.0667. The third-order valence-electron chi connectivity index (χ3n) is 2.83. The van der Waals surface area contributed by atoms with Gasteiger partial charge in [0.05, 0.1) is 0 Å². The second-order valence-electron chi connectivity index (χ2n) is 4.11.